The number of hydrogen-bond acceptors (Lipinski definition) is 3. The molecule has 2 atom stereocenters. The standard InChI is InChI=1S/C14H15FN2O2/c15-11-6-4-10(5-7-11)13(9-18)17-12(8-16)2-1-3-14(17)19/h4-7,12-13,18H,1-3,9H2. The molecule has 1 aromatic carbocycles. The van der Waals surface area contributed by atoms with E-state index in [1.54, 1.807) is 0 Å². The smallest absolute Gasteiger partial charge is 0.224 e. The van der Waals surface area contributed by atoms with Gasteiger partial charge in [-0.1, -0.05) is 12.1 Å². The molecule has 1 aromatic rings. The summed E-state index contributed by atoms with van der Waals surface area (Å²) in [7, 11) is 0. The maximum Gasteiger partial charge on any atom is 0.224 e. The van der Waals surface area contributed by atoms with E-state index in [0.29, 0.717) is 24.8 Å². The monoisotopic (exact) mass is 262 g/mol. The number of likely N-dealkylation sites (tertiary alicyclic amines) is 1. The first-order valence-corrected chi connectivity index (χ1v) is 6.24. The van der Waals surface area contributed by atoms with Crippen molar-refractivity contribution in [3.8, 4) is 6.07 Å². The van der Waals surface area contributed by atoms with Gasteiger partial charge in [-0.2, -0.15) is 5.26 Å². The van der Waals surface area contributed by atoms with Crippen LogP contribution < -0.4 is 0 Å². The van der Waals surface area contributed by atoms with Gasteiger partial charge in [0, 0.05) is 6.42 Å². The number of aliphatic hydroxyl groups is 1. The van der Waals surface area contributed by atoms with Crippen LogP contribution >= 0.6 is 0 Å². The van der Waals surface area contributed by atoms with E-state index < -0.39 is 12.1 Å². The summed E-state index contributed by atoms with van der Waals surface area (Å²) in [5, 5.41) is 18.7. The fourth-order valence-corrected chi connectivity index (χ4v) is 2.45. The minimum absolute atomic E-state index is 0.138. The summed E-state index contributed by atoms with van der Waals surface area (Å²) in [4.78, 5) is 13.4. The summed E-state index contributed by atoms with van der Waals surface area (Å²) >= 11 is 0. The lowest BCUT2D eigenvalue weighted by Crippen LogP contribution is -2.46. The first kappa shape index (κ1) is 13.5. The van der Waals surface area contributed by atoms with E-state index in [1.807, 2.05) is 0 Å². The third-order valence-corrected chi connectivity index (χ3v) is 3.40. The highest BCUT2D eigenvalue weighted by Crippen LogP contribution is 2.29. The van der Waals surface area contributed by atoms with Gasteiger partial charge in [0.15, 0.2) is 0 Å². The van der Waals surface area contributed by atoms with Crippen LogP contribution in [-0.4, -0.2) is 28.6 Å². The summed E-state index contributed by atoms with van der Waals surface area (Å²) in [5.74, 6) is -0.511. The van der Waals surface area contributed by atoms with Gasteiger partial charge in [0.1, 0.15) is 11.9 Å². The quantitative estimate of drug-likeness (QED) is 0.902. The number of aliphatic hydroxyl groups excluding tert-OH is 1. The van der Waals surface area contributed by atoms with Gasteiger partial charge in [-0.05, 0) is 30.5 Å². The van der Waals surface area contributed by atoms with Crippen LogP contribution in [0.4, 0.5) is 4.39 Å². The van der Waals surface area contributed by atoms with E-state index in [4.69, 9.17) is 5.26 Å². The average molecular weight is 262 g/mol. The molecule has 1 aliphatic rings. The number of nitrogens with zero attached hydrogens (tertiary/aromatic N) is 2. The van der Waals surface area contributed by atoms with Crippen molar-refractivity contribution in [3.63, 3.8) is 0 Å². The Morgan fingerprint density at radius 1 is 1.47 bits per heavy atom. The SMILES string of the molecule is N#CC1CCCC(=O)N1C(CO)c1ccc(F)cc1. The van der Waals surface area contributed by atoms with Crippen molar-refractivity contribution in [1.29, 1.82) is 5.26 Å². The third kappa shape index (κ3) is 2.74. The van der Waals surface area contributed by atoms with E-state index in [2.05, 4.69) is 6.07 Å². The summed E-state index contributed by atoms with van der Waals surface area (Å²) in [6.45, 7) is -0.282. The first-order valence-electron chi connectivity index (χ1n) is 6.24. The van der Waals surface area contributed by atoms with Crippen LogP contribution in [0, 0.1) is 17.1 Å². The minimum atomic E-state index is -0.585. The highest BCUT2D eigenvalue weighted by molar-refractivity contribution is 5.78. The topological polar surface area (TPSA) is 64.3 Å². The van der Waals surface area contributed by atoms with E-state index in [1.165, 1.54) is 29.2 Å². The van der Waals surface area contributed by atoms with Crippen molar-refractivity contribution >= 4 is 5.91 Å². The molecule has 2 unspecified atom stereocenters. The van der Waals surface area contributed by atoms with Crippen LogP contribution in [0.5, 0.6) is 0 Å². The molecule has 19 heavy (non-hydrogen) atoms. The zero-order valence-electron chi connectivity index (χ0n) is 10.4. The van der Waals surface area contributed by atoms with Crippen molar-refractivity contribution in [2.45, 2.75) is 31.3 Å². The molecular weight excluding hydrogens is 247 g/mol. The Kier molecular flexibility index (Phi) is 4.13. The number of amides is 1. The molecule has 0 bridgehead atoms. The second kappa shape index (κ2) is 5.81. The number of carbonyl (C=O) groups excluding carboxylic acids is 1. The molecule has 1 fully saturated rings. The van der Waals surface area contributed by atoms with Gasteiger partial charge >= 0.3 is 0 Å². The third-order valence-electron chi connectivity index (χ3n) is 3.40. The van der Waals surface area contributed by atoms with Gasteiger partial charge in [-0.3, -0.25) is 4.79 Å². The fourth-order valence-electron chi connectivity index (χ4n) is 2.45. The van der Waals surface area contributed by atoms with Crippen molar-refractivity contribution < 1.29 is 14.3 Å². The number of benzene rings is 1. The number of hydrogen-bond donors (Lipinski definition) is 1. The number of rotatable bonds is 3. The molecule has 1 N–H and O–H groups in total. The molecule has 5 heteroatoms. The lowest BCUT2D eigenvalue weighted by Gasteiger charge is -2.37. The van der Waals surface area contributed by atoms with E-state index in [0.717, 1.165) is 0 Å². The Balaban J connectivity index is 2.31. The highest BCUT2D eigenvalue weighted by Gasteiger charge is 2.34. The molecule has 0 aliphatic carbocycles. The second-order valence-corrected chi connectivity index (χ2v) is 4.59. The minimum Gasteiger partial charge on any atom is -0.394 e. The van der Waals surface area contributed by atoms with Gasteiger partial charge in [-0.15, -0.1) is 0 Å². The Morgan fingerprint density at radius 2 is 2.16 bits per heavy atom. The molecule has 1 saturated heterocycles. The van der Waals surface area contributed by atoms with E-state index >= 15 is 0 Å². The van der Waals surface area contributed by atoms with Crippen LogP contribution in [0.2, 0.25) is 0 Å². The van der Waals surface area contributed by atoms with Gasteiger partial charge in [0.05, 0.1) is 18.7 Å². The van der Waals surface area contributed by atoms with E-state index in [-0.39, 0.29) is 18.3 Å². The Labute approximate surface area is 111 Å². The molecule has 2 rings (SSSR count). The van der Waals surface area contributed by atoms with Gasteiger partial charge in [0.25, 0.3) is 0 Å². The van der Waals surface area contributed by atoms with Crippen molar-refractivity contribution in [2.24, 2.45) is 0 Å². The van der Waals surface area contributed by atoms with Crippen LogP contribution in [0.25, 0.3) is 0 Å². The number of carbonyl (C=O) groups is 1. The molecule has 4 nitrogen and oxygen atoms in total. The summed E-state index contributed by atoms with van der Waals surface area (Å²) in [5.41, 5.74) is 0.638. The molecule has 1 amide bonds. The maximum absolute atomic E-state index is 12.9. The molecule has 100 valence electrons. The van der Waals surface area contributed by atoms with Crippen LogP contribution in [0.1, 0.15) is 30.9 Å². The van der Waals surface area contributed by atoms with Gasteiger partial charge in [0.2, 0.25) is 5.91 Å². The first-order chi connectivity index (χ1) is 9.17. The zero-order chi connectivity index (χ0) is 13.8. The van der Waals surface area contributed by atoms with E-state index in [9.17, 15) is 14.3 Å². The Bertz CT molecular complexity index is 495. The average Bonchev–Trinajstić information content (AvgIpc) is 2.43. The van der Waals surface area contributed by atoms with Crippen molar-refractivity contribution in [2.75, 3.05) is 6.61 Å². The van der Waals surface area contributed by atoms with Crippen LogP contribution in [0.15, 0.2) is 24.3 Å². The summed E-state index contributed by atoms with van der Waals surface area (Å²) < 4.78 is 12.9. The zero-order valence-corrected chi connectivity index (χ0v) is 10.4. The molecule has 0 saturated carbocycles. The lowest BCUT2D eigenvalue weighted by atomic mass is 9.97. The van der Waals surface area contributed by atoms with Crippen molar-refractivity contribution in [3.05, 3.63) is 35.6 Å². The largest absolute Gasteiger partial charge is 0.394 e. The Morgan fingerprint density at radius 3 is 2.74 bits per heavy atom. The number of nitriles is 1. The summed E-state index contributed by atoms with van der Waals surface area (Å²) in [6, 6.07) is 6.63. The molecule has 0 spiro atoms. The molecular formula is C14H15FN2O2. The molecule has 0 aromatic heterocycles. The molecule has 1 aliphatic heterocycles. The highest BCUT2D eigenvalue weighted by atomic mass is 19.1. The normalized spacial score (nSPS) is 21.0. The van der Waals surface area contributed by atoms with Gasteiger partial charge in [-0.25, -0.2) is 4.39 Å². The van der Waals surface area contributed by atoms with Crippen LogP contribution in [0.3, 0.4) is 0 Å². The maximum atomic E-state index is 12.9. The van der Waals surface area contributed by atoms with Crippen LogP contribution in [-0.2, 0) is 4.79 Å². The predicted molar refractivity (Wildman–Crippen MR) is 66.3 cm³/mol. The number of halogens is 1. The fraction of sp³-hybridized carbons (Fsp3) is 0.429. The Hall–Kier alpha value is -1.93. The predicted octanol–water partition coefficient (Wildman–Crippen LogP) is 1.76. The molecule has 1 heterocycles. The van der Waals surface area contributed by atoms with Crippen molar-refractivity contribution in [1.82, 2.24) is 4.90 Å². The molecule has 0 radical (unpaired) electrons. The van der Waals surface area contributed by atoms with Gasteiger partial charge < -0.3 is 10.0 Å². The second-order valence-electron chi connectivity index (χ2n) is 4.59. The summed E-state index contributed by atoms with van der Waals surface area (Å²) in [6.07, 6.45) is 1.69. The number of piperidine rings is 1. The lowest BCUT2D eigenvalue weighted by molar-refractivity contribution is -0.139.